The highest BCUT2D eigenvalue weighted by atomic mass is 16.2. The molecule has 3 aromatic rings. The number of piperidine rings is 1. The fourth-order valence-corrected chi connectivity index (χ4v) is 4.03. The van der Waals surface area contributed by atoms with E-state index in [0.29, 0.717) is 0 Å². The molecule has 1 heterocycles. The van der Waals surface area contributed by atoms with Crippen LogP contribution >= 0.6 is 0 Å². The number of hydrogen-bond acceptors (Lipinski definition) is 3. The van der Waals surface area contributed by atoms with Crippen molar-refractivity contribution in [1.29, 1.82) is 0 Å². The fraction of sp³-hybridized carbons (Fsp3) is 0.286. The number of carbonyl (C=O) groups is 1. The summed E-state index contributed by atoms with van der Waals surface area (Å²) in [7, 11) is 0. The summed E-state index contributed by atoms with van der Waals surface area (Å²) in [5, 5.41) is 5.13. The Morgan fingerprint density at radius 2 is 1.72 bits per heavy atom. The number of nitrogens with one attached hydrogen (secondary N) is 1. The third kappa shape index (κ3) is 3.11. The molecule has 0 aliphatic carbocycles. The topological polar surface area (TPSA) is 58.4 Å². The van der Waals surface area contributed by atoms with Gasteiger partial charge in [-0.2, -0.15) is 0 Å². The van der Waals surface area contributed by atoms with Gasteiger partial charge in [0.1, 0.15) is 0 Å². The van der Waals surface area contributed by atoms with Crippen LogP contribution in [0.2, 0.25) is 0 Å². The molecule has 25 heavy (non-hydrogen) atoms. The van der Waals surface area contributed by atoms with E-state index in [9.17, 15) is 4.79 Å². The molecular formula is C21H23N3O. The average Bonchev–Trinajstić information content (AvgIpc) is 2.67. The maximum absolute atomic E-state index is 11.9. The van der Waals surface area contributed by atoms with E-state index in [4.69, 9.17) is 5.84 Å². The summed E-state index contributed by atoms with van der Waals surface area (Å²) in [6, 6.07) is 19.4. The maximum atomic E-state index is 11.9. The molecule has 3 aromatic carbocycles. The lowest BCUT2D eigenvalue weighted by Gasteiger charge is -2.32. The highest BCUT2D eigenvalue weighted by Gasteiger charge is 2.25. The summed E-state index contributed by atoms with van der Waals surface area (Å²) in [4.78, 5) is 14.3. The molecule has 1 aliphatic heterocycles. The summed E-state index contributed by atoms with van der Waals surface area (Å²) in [5.74, 6) is 5.27. The molecule has 4 nitrogen and oxygen atoms in total. The summed E-state index contributed by atoms with van der Waals surface area (Å²) >= 11 is 0. The second-order valence-corrected chi connectivity index (χ2v) is 6.88. The Bertz CT molecular complexity index is 867. The number of hydrogen-bond donors (Lipinski definition) is 2. The van der Waals surface area contributed by atoms with Crippen LogP contribution in [0.5, 0.6) is 0 Å². The minimum atomic E-state index is -0.0486. The minimum absolute atomic E-state index is 0.0139. The highest BCUT2D eigenvalue weighted by molar-refractivity contribution is 6.02. The number of likely N-dealkylation sites (tertiary alicyclic amines) is 1. The van der Waals surface area contributed by atoms with Crippen LogP contribution in [-0.4, -0.2) is 23.9 Å². The van der Waals surface area contributed by atoms with Gasteiger partial charge in [-0.25, -0.2) is 5.84 Å². The van der Waals surface area contributed by atoms with Gasteiger partial charge in [0, 0.05) is 13.1 Å². The lowest BCUT2D eigenvalue weighted by molar-refractivity contribution is -0.126. The largest absolute Gasteiger partial charge is 0.298 e. The molecule has 1 amide bonds. The van der Waals surface area contributed by atoms with Crippen molar-refractivity contribution in [2.75, 3.05) is 13.1 Å². The van der Waals surface area contributed by atoms with Gasteiger partial charge in [-0.3, -0.25) is 15.1 Å². The van der Waals surface area contributed by atoms with E-state index < -0.39 is 0 Å². The lowest BCUT2D eigenvalue weighted by Crippen LogP contribution is -2.44. The van der Waals surface area contributed by atoms with Crippen LogP contribution in [-0.2, 0) is 11.3 Å². The van der Waals surface area contributed by atoms with Crippen LogP contribution in [0.1, 0.15) is 18.4 Å². The lowest BCUT2D eigenvalue weighted by atomic mass is 9.94. The van der Waals surface area contributed by atoms with Gasteiger partial charge in [-0.1, -0.05) is 48.5 Å². The van der Waals surface area contributed by atoms with Gasteiger partial charge in [-0.15, -0.1) is 0 Å². The van der Waals surface area contributed by atoms with Gasteiger partial charge in [0.15, 0.2) is 0 Å². The first-order chi connectivity index (χ1) is 12.3. The zero-order chi connectivity index (χ0) is 17.2. The van der Waals surface area contributed by atoms with Gasteiger partial charge in [0.25, 0.3) is 0 Å². The molecule has 0 radical (unpaired) electrons. The molecule has 1 saturated heterocycles. The SMILES string of the molecule is NNC(=O)C1CCCN(Cc2c3ccccc3cc3ccccc23)C1. The molecule has 4 rings (SSSR count). The third-order valence-corrected chi connectivity index (χ3v) is 5.28. The van der Waals surface area contributed by atoms with Gasteiger partial charge in [0.05, 0.1) is 5.92 Å². The summed E-state index contributed by atoms with van der Waals surface area (Å²) in [6.07, 6.45) is 1.94. The third-order valence-electron chi connectivity index (χ3n) is 5.28. The first kappa shape index (κ1) is 16.1. The molecule has 0 spiro atoms. The number of carbonyl (C=O) groups excluding carboxylic acids is 1. The molecular weight excluding hydrogens is 310 g/mol. The van der Waals surface area contributed by atoms with Crippen molar-refractivity contribution in [2.45, 2.75) is 19.4 Å². The smallest absolute Gasteiger partial charge is 0.238 e. The van der Waals surface area contributed by atoms with E-state index in [1.54, 1.807) is 0 Å². The van der Waals surface area contributed by atoms with E-state index in [1.165, 1.54) is 27.1 Å². The fourth-order valence-electron chi connectivity index (χ4n) is 4.03. The first-order valence-corrected chi connectivity index (χ1v) is 8.88. The normalized spacial score (nSPS) is 18.5. The average molecular weight is 333 g/mol. The van der Waals surface area contributed by atoms with E-state index in [0.717, 1.165) is 32.5 Å². The van der Waals surface area contributed by atoms with Crippen molar-refractivity contribution < 1.29 is 4.79 Å². The van der Waals surface area contributed by atoms with Crippen molar-refractivity contribution >= 4 is 27.5 Å². The Kier molecular flexibility index (Phi) is 4.38. The Balaban J connectivity index is 1.73. The van der Waals surface area contributed by atoms with Crippen LogP contribution in [0.3, 0.4) is 0 Å². The Morgan fingerprint density at radius 3 is 2.36 bits per heavy atom. The predicted molar refractivity (Wildman–Crippen MR) is 102 cm³/mol. The summed E-state index contributed by atoms with van der Waals surface area (Å²) < 4.78 is 0. The second-order valence-electron chi connectivity index (χ2n) is 6.88. The van der Waals surface area contributed by atoms with Crippen LogP contribution in [0.15, 0.2) is 54.6 Å². The molecule has 1 unspecified atom stereocenters. The molecule has 0 aromatic heterocycles. The summed E-state index contributed by atoms with van der Waals surface area (Å²) in [6.45, 7) is 2.64. The number of hydrazine groups is 1. The Morgan fingerprint density at radius 1 is 1.08 bits per heavy atom. The Labute approximate surface area is 147 Å². The minimum Gasteiger partial charge on any atom is -0.298 e. The summed E-state index contributed by atoms with van der Waals surface area (Å²) in [5.41, 5.74) is 3.66. The number of benzene rings is 3. The zero-order valence-electron chi connectivity index (χ0n) is 14.2. The van der Waals surface area contributed by atoms with Crippen molar-refractivity contribution in [3.8, 4) is 0 Å². The standard InChI is InChI=1S/C21H23N3O/c22-23-21(25)17-8-5-11-24(13-17)14-20-18-9-3-1-6-15(18)12-16-7-2-4-10-19(16)20/h1-4,6-7,9-10,12,17H,5,8,11,13-14,22H2,(H,23,25). The van der Waals surface area contributed by atoms with Crippen molar-refractivity contribution in [3.63, 3.8) is 0 Å². The van der Waals surface area contributed by atoms with Crippen LogP contribution in [0.25, 0.3) is 21.5 Å². The maximum Gasteiger partial charge on any atom is 0.238 e. The quantitative estimate of drug-likeness (QED) is 0.335. The number of amides is 1. The molecule has 0 bridgehead atoms. The Hall–Kier alpha value is -2.43. The molecule has 1 aliphatic rings. The van der Waals surface area contributed by atoms with E-state index in [-0.39, 0.29) is 11.8 Å². The van der Waals surface area contributed by atoms with Crippen LogP contribution in [0, 0.1) is 5.92 Å². The molecule has 1 atom stereocenters. The van der Waals surface area contributed by atoms with E-state index >= 15 is 0 Å². The molecule has 128 valence electrons. The zero-order valence-corrected chi connectivity index (χ0v) is 14.2. The number of nitrogens with two attached hydrogens (primary N) is 1. The van der Waals surface area contributed by atoms with E-state index in [1.807, 2.05) is 0 Å². The molecule has 0 saturated carbocycles. The predicted octanol–water partition coefficient (Wildman–Crippen LogP) is 3.19. The van der Waals surface area contributed by atoms with Crippen molar-refractivity contribution in [3.05, 3.63) is 60.2 Å². The molecule has 3 N–H and O–H groups in total. The second kappa shape index (κ2) is 6.82. The van der Waals surface area contributed by atoms with Crippen molar-refractivity contribution in [2.24, 2.45) is 11.8 Å². The van der Waals surface area contributed by atoms with Gasteiger partial charge < -0.3 is 0 Å². The molecule has 1 fully saturated rings. The van der Waals surface area contributed by atoms with Crippen LogP contribution in [0.4, 0.5) is 0 Å². The van der Waals surface area contributed by atoms with Gasteiger partial charge in [-0.05, 0) is 52.6 Å². The number of rotatable bonds is 3. The van der Waals surface area contributed by atoms with E-state index in [2.05, 4.69) is 64.9 Å². The first-order valence-electron chi connectivity index (χ1n) is 8.88. The van der Waals surface area contributed by atoms with Gasteiger partial charge in [0.2, 0.25) is 5.91 Å². The molecule has 4 heteroatoms. The highest BCUT2D eigenvalue weighted by Crippen LogP contribution is 2.30. The van der Waals surface area contributed by atoms with Crippen molar-refractivity contribution in [1.82, 2.24) is 10.3 Å². The number of nitrogens with zero attached hydrogens (tertiary/aromatic N) is 1. The van der Waals surface area contributed by atoms with Crippen LogP contribution < -0.4 is 11.3 Å². The monoisotopic (exact) mass is 333 g/mol. The number of fused-ring (bicyclic) bond motifs is 2. The van der Waals surface area contributed by atoms with Gasteiger partial charge >= 0.3 is 0 Å².